The van der Waals surface area contributed by atoms with Gasteiger partial charge in [-0.05, 0) is 6.92 Å². The number of nitrogens with zero attached hydrogens (tertiary/aromatic N) is 1. The molecule has 0 aliphatic carbocycles. The van der Waals surface area contributed by atoms with Crippen LogP contribution in [0.3, 0.4) is 0 Å². The second-order valence-corrected chi connectivity index (χ2v) is 3.18. The van der Waals surface area contributed by atoms with Crippen LogP contribution in [0.15, 0.2) is 12.2 Å². The second kappa shape index (κ2) is 4.23. The Morgan fingerprint density at radius 3 is 2.14 bits per heavy atom. The highest BCUT2D eigenvalue weighted by molar-refractivity contribution is 5.87. The van der Waals surface area contributed by atoms with Gasteiger partial charge in [0.15, 0.2) is 0 Å². The van der Waals surface area contributed by atoms with Crippen LogP contribution in [0.1, 0.15) is 20.8 Å². The summed E-state index contributed by atoms with van der Waals surface area (Å²) in [7, 11) is 1.33. The highest BCUT2D eigenvalue weighted by Gasteiger charge is 2.32. The Kier molecular flexibility index (Phi) is 3.82. The van der Waals surface area contributed by atoms with Crippen molar-refractivity contribution in [2.75, 3.05) is 7.05 Å². The summed E-state index contributed by atoms with van der Waals surface area (Å²) in [5.74, 6) is -3.10. The molecular formula is C9H15NO4. The predicted octanol–water partition coefficient (Wildman–Crippen LogP) is 0.250. The van der Waals surface area contributed by atoms with Crippen LogP contribution in [0.25, 0.3) is 0 Å². The Bertz CT molecular complexity index is 270. The largest absolute Gasteiger partial charge is 0.411 e. The van der Waals surface area contributed by atoms with Crippen LogP contribution >= 0.6 is 0 Å². The van der Waals surface area contributed by atoms with Crippen molar-refractivity contribution in [1.82, 2.24) is 4.90 Å². The zero-order valence-corrected chi connectivity index (χ0v) is 8.83. The van der Waals surface area contributed by atoms with Gasteiger partial charge in [0.1, 0.15) is 0 Å². The number of hydrogen-bond donors (Lipinski definition) is 1. The molecule has 14 heavy (non-hydrogen) atoms. The molecule has 0 aromatic rings. The van der Waals surface area contributed by atoms with Crippen LogP contribution in [-0.2, 0) is 14.3 Å². The molecule has 0 aliphatic heterocycles. The lowest BCUT2D eigenvalue weighted by Crippen LogP contribution is -2.49. The molecule has 80 valence electrons. The van der Waals surface area contributed by atoms with E-state index < -0.39 is 17.8 Å². The third kappa shape index (κ3) is 3.18. The van der Waals surface area contributed by atoms with Crippen molar-refractivity contribution in [2.24, 2.45) is 0 Å². The minimum absolute atomic E-state index is 0.155. The number of aliphatic hydroxyl groups is 1. The molecule has 1 N–H and O–H groups in total. The Balaban J connectivity index is 4.56. The first-order valence-electron chi connectivity index (χ1n) is 4.04. The molecule has 0 fully saturated rings. The van der Waals surface area contributed by atoms with E-state index in [0.717, 1.165) is 4.90 Å². The van der Waals surface area contributed by atoms with Gasteiger partial charge in [0.2, 0.25) is 5.91 Å². The van der Waals surface area contributed by atoms with E-state index in [0.29, 0.717) is 0 Å². The summed E-state index contributed by atoms with van der Waals surface area (Å²) < 4.78 is 4.64. The number of esters is 1. The summed E-state index contributed by atoms with van der Waals surface area (Å²) in [6.07, 6.45) is 0. The van der Waals surface area contributed by atoms with Gasteiger partial charge < -0.3 is 9.84 Å². The molecule has 0 rings (SSSR count). The van der Waals surface area contributed by atoms with Crippen molar-refractivity contribution in [3.8, 4) is 0 Å². The van der Waals surface area contributed by atoms with Crippen molar-refractivity contribution in [3.05, 3.63) is 12.2 Å². The minimum Gasteiger partial charge on any atom is -0.411 e. The molecule has 0 saturated carbocycles. The molecule has 0 spiro atoms. The van der Waals surface area contributed by atoms with Gasteiger partial charge in [0.25, 0.3) is 5.91 Å². The highest BCUT2D eigenvalue weighted by atomic mass is 16.7. The van der Waals surface area contributed by atoms with Crippen LogP contribution in [0, 0.1) is 0 Å². The van der Waals surface area contributed by atoms with Crippen molar-refractivity contribution in [2.45, 2.75) is 26.7 Å². The molecule has 0 bridgehead atoms. The number of carbonyl (C=O) groups is 2. The van der Waals surface area contributed by atoms with Gasteiger partial charge in [0.05, 0.1) is 0 Å². The first-order valence-corrected chi connectivity index (χ1v) is 4.04. The summed E-state index contributed by atoms with van der Waals surface area (Å²) in [6, 6.07) is 0. The smallest absolute Gasteiger partial charge is 0.336 e. The van der Waals surface area contributed by atoms with Gasteiger partial charge in [-0.25, -0.2) is 4.79 Å². The van der Waals surface area contributed by atoms with Gasteiger partial charge in [-0.1, -0.05) is 6.58 Å². The van der Waals surface area contributed by atoms with E-state index in [2.05, 4.69) is 11.3 Å². The topological polar surface area (TPSA) is 66.8 Å². The molecule has 0 aromatic carbocycles. The maximum atomic E-state index is 11.1. The standard InChI is InChI=1S/C9H15NO4/c1-6(2)8(12)14-9(4,13)10(5)7(3)11/h13H,1H2,2-5H3. The van der Waals surface area contributed by atoms with E-state index in [9.17, 15) is 14.7 Å². The van der Waals surface area contributed by atoms with E-state index in [4.69, 9.17) is 0 Å². The molecule has 5 nitrogen and oxygen atoms in total. The first kappa shape index (κ1) is 12.6. The molecule has 0 heterocycles. The maximum absolute atomic E-state index is 11.1. The van der Waals surface area contributed by atoms with Crippen molar-refractivity contribution >= 4 is 11.9 Å². The molecular weight excluding hydrogens is 186 g/mol. The molecule has 1 atom stereocenters. The fraction of sp³-hybridized carbons (Fsp3) is 0.556. The highest BCUT2D eigenvalue weighted by Crippen LogP contribution is 2.13. The fourth-order valence-corrected chi connectivity index (χ4v) is 0.623. The molecule has 0 aliphatic rings. The normalized spacial score (nSPS) is 14.1. The number of carbonyl (C=O) groups excluding carboxylic acids is 2. The van der Waals surface area contributed by atoms with Crippen LogP contribution in [-0.4, -0.2) is 34.8 Å². The molecule has 1 unspecified atom stereocenters. The fourth-order valence-electron chi connectivity index (χ4n) is 0.623. The Labute approximate surface area is 83.0 Å². The van der Waals surface area contributed by atoms with E-state index >= 15 is 0 Å². The number of amides is 1. The summed E-state index contributed by atoms with van der Waals surface area (Å²) in [6.45, 7) is 7.26. The summed E-state index contributed by atoms with van der Waals surface area (Å²) >= 11 is 0. The van der Waals surface area contributed by atoms with Crippen LogP contribution < -0.4 is 0 Å². The summed E-state index contributed by atoms with van der Waals surface area (Å²) in [5.41, 5.74) is 0.155. The second-order valence-electron chi connectivity index (χ2n) is 3.18. The van der Waals surface area contributed by atoms with Crippen molar-refractivity contribution in [3.63, 3.8) is 0 Å². The molecule has 5 heteroatoms. The molecule has 0 saturated heterocycles. The third-order valence-electron chi connectivity index (χ3n) is 1.73. The average molecular weight is 201 g/mol. The maximum Gasteiger partial charge on any atom is 0.336 e. The van der Waals surface area contributed by atoms with Crippen LogP contribution in [0.2, 0.25) is 0 Å². The first-order chi connectivity index (χ1) is 6.18. The van der Waals surface area contributed by atoms with Crippen LogP contribution in [0.5, 0.6) is 0 Å². The quantitative estimate of drug-likeness (QED) is 0.404. The van der Waals surface area contributed by atoms with Gasteiger partial charge in [-0.2, -0.15) is 0 Å². The Hall–Kier alpha value is -1.36. The van der Waals surface area contributed by atoms with Crippen molar-refractivity contribution < 1.29 is 19.4 Å². The van der Waals surface area contributed by atoms with E-state index in [1.165, 1.54) is 27.8 Å². The number of ether oxygens (including phenoxy) is 1. The zero-order valence-electron chi connectivity index (χ0n) is 8.83. The lowest BCUT2D eigenvalue weighted by Gasteiger charge is -2.31. The minimum atomic E-state index is -1.94. The van der Waals surface area contributed by atoms with Gasteiger partial charge in [-0.15, -0.1) is 0 Å². The van der Waals surface area contributed by atoms with Crippen LogP contribution in [0.4, 0.5) is 0 Å². The summed E-state index contributed by atoms with van der Waals surface area (Å²) in [4.78, 5) is 22.9. The molecule has 0 radical (unpaired) electrons. The molecule has 0 aromatic heterocycles. The Morgan fingerprint density at radius 2 is 1.86 bits per heavy atom. The summed E-state index contributed by atoms with van der Waals surface area (Å²) in [5, 5.41) is 9.59. The lowest BCUT2D eigenvalue weighted by atomic mass is 10.3. The van der Waals surface area contributed by atoms with E-state index in [-0.39, 0.29) is 5.57 Å². The van der Waals surface area contributed by atoms with Gasteiger partial charge >= 0.3 is 5.97 Å². The molecule has 1 amide bonds. The predicted molar refractivity (Wildman–Crippen MR) is 50.0 cm³/mol. The average Bonchev–Trinajstić information content (AvgIpc) is 2.01. The van der Waals surface area contributed by atoms with Gasteiger partial charge in [0, 0.05) is 26.5 Å². The van der Waals surface area contributed by atoms with Crippen molar-refractivity contribution in [1.29, 1.82) is 0 Å². The third-order valence-corrected chi connectivity index (χ3v) is 1.73. The van der Waals surface area contributed by atoms with Gasteiger partial charge in [-0.3, -0.25) is 9.69 Å². The van der Waals surface area contributed by atoms with E-state index in [1.54, 1.807) is 0 Å². The zero-order chi connectivity index (χ0) is 11.5. The number of hydrogen-bond acceptors (Lipinski definition) is 4. The van der Waals surface area contributed by atoms with E-state index in [1.807, 2.05) is 0 Å². The Morgan fingerprint density at radius 1 is 1.43 bits per heavy atom. The SMILES string of the molecule is C=C(C)C(=O)OC(C)(O)N(C)C(C)=O. The lowest BCUT2D eigenvalue weighted by molar-refractivity contribution is -0.253. The number of rotatable bonds is 3. The monoisotopic (exact) mass is 201 g/mol.